The maximum atomic E-state index is 12.1. The number of nitriles is 1. The number of halogens is 6. The molecule has 0 aromatic heterocycles. The molecule has 0 aliphatic rings. The second kappa shape index (κ2) is 3.31. The van der Waals surface area contributed by atoms with Gasteiger partial charge in [-0.2, -0.15) is 31.6 Å². The van der Waals surface area contributed by atoms with Crippen LogP contribution >= 0.6 is 0 Å². The van der Waals surface area contributed by atoms with Crippen molar-refractivity contribution in [1.82, 2.24) is 4.90 Å². The topological polar surface area (TPSA) is 27.0 Å². The van der Waals surface area contributed by atoms with Crippen LogP contribution in [0.5, 0.6) is 0 Å². The quantitative estimate of drug-likeness (QED) is 0.631. The molecule has 0 spiro atoms. The first-order valence-corrected chi connectivity index (χ1v) is 3.23. The summed E-state index contributed by atoms with van der Waals surface area (Å²) in [6, 6.07) is 0.271. The van der Waals surface area contributed by atoms with E-state index in [1.807, 2.05) is 0 Å². The van der Waals surface area contributed by atoms with Gasteiger partial charge in [0.2, 0.25) is 0 Å². The molecule has 14 heavy (non-hydrogen) atoms. The fourth-order valence-corrected chi connectivity index (χ4v) is 0.895. The normalized spacial score (nSPS) is 14.3. The minimum atomic E-state index is -5.69. The van der Waals surface area contributed by atoms with Crippen LogP contribution in [0.15, 0.2) is 0 Å². The van der Waals surface area contributed by atoms with Crippen LogP contribution in [0.2, 0.25) is 0 Å². The zero-order chi connectivity index (χ0) is 11.8. The maximum Gasteiger partial charge on any atom is 0.429 e. The summed E-state index contributed by atoms with van der Waals surface area (Å²) in [5.74, 6) is 0. The van der Waals surface area contributed by atoms with Gasteiger partial charge in [-0.1, -0.05) is 0 Å². The largest absolute Gasteiger partial charge is 0.429 e. The molecular formula is C6H6F6N2. The molecule has 0 bridgehead atoms. The predicted molar refractivity (Wildman–Crippen MR) is 34.1 cm³/mol. The Morgan fingerprint density at radius 2 is 1.21 bits per heavy atom. The van der Waals surface area contributed by atoms with Crippen molar-refractivity contribution in [3.63, 3.8) is 0 Å². The van der Waals surface area contributed by atoms with Gasteiger partial charge < -0.3 is 0 Å². The predicted octanol–water partition coefficient (Wildman–Crippen LogP) is 1.93. The van der Waals surface area contributed by atoms with Crippen molar-refractivity contribution < 1.29 is 26.3 Å². The highest BCUT2D eigenvalue weighted by Crippen LogP contribution is 2.45. The van der Waals surface area contributed by atoms with Crippen molar-refractivity contribution in [2.45, 2.75) is 17.9 Å². The Kier molecular flexibility index (Phi) is 3.08. The molecule has 0 heterocycles. The van der Waals surface area contributed by atoms with Crippen molar-refractivity contribution >= 4 is 0 Å². The maximum absolute atomic E-state index is 12.1. The first-order valence-electron chi connectivity index (χ1n) is 3.23. The highest BCUT2D eigenvalue weighted by Gasteiger charge is 2.73. The van der Waals surface area contributed by atoms with Crippen LogP contribution in [0.3, 0.4) is 0 Å². The van der Waals surface area contributed by atoms with Crippen molar-refractivity contribution in [2.24, 2.45) is 0 Å². The summed E-state index contributed by atoms with van der Waals surface area (Å²) < 4.78 is 72.8. The summed E-state index contributed by atoms with van der Waals surface area (Å²) in [5, 5.41) is 8.09. The molecule has 0 N–H and O–H groups in total. The molecule has 0 aliphatic carbocycles. The van der Waals surface area contributed by atoms with E-state index < -0.39 is 17.9 Å². The van der Waals surface area contributed by atoms with Crippen LogP contribution in [-0.2, 0) is 0 Å². The molecule has 0 fully saturated rings. The van der Waals surface area contributed by atoms with E-state index in [1.54, 1.807) is 0 Å². The standard InChI is InChI=1S/C6H6F6N2/c1-14(2)4(3-13,5(7,8)9)6(10,11)12/h1-2H3. The Bertz CT molecular complexity index is 231. The Morgan fingerprint density at radius 1 is 0.929 bits per heavy atom. The monoisotopic (exact) mass is 220 g/mol. The van der Waals surface area contributed by atoms with Crippen LogP contribution in [-0.4, -0.2) is 36.9 Å². The van der Waals surface area contributed by atoms with E-state index in [0.29, 0.717) is 14.1 Å². The first-order chi connectivity index (χ1) is 6.00. The first kappa shape index (κ1) is 13.0. The number of rotatable bonds is 1. The lowest BCUT2D eigenvalue weighted by molar-refractivity contribution is -0.313. The van der Waals surface area contributed by atoms with Crippen LogP contribution in [0, 0.1) is 11.3 Å². The Morgan fingerprint density at radius 3 is 1.21 bits per heavy atom. The van der Waals surface area contributed by atoms with Crippen LogP contribution < -0.4 is 0 Å². The van der Waals surface area contributed by atoms with E-state index in [9.17, 15) is 26.3 Å². The fourth-order valence-electron chi connectivity index (χ4n) is 0.895. The third-order valence-electron chi connectivity index (χ3n) is 1.65. The lowest BCUT2D eigenvalue weighted by Crippen LogP contribution is -2.64. The van der Waals surface area contributed by atoms with Crippen molar-refractivity contribution in [1.29, 1.82) is 5.26 Å². The van der Waals surface area contributed by atoms with Crippen LogP contribution in [0.25, 0.3) is 0 Å². The van der Waals surface area contributed by atoms with Crippen molar-refractivity contribution in [3.8, 4) is 6.07 Å². The molecule has 0 aromatic carbocycles. The van der Waals surface area contributed by atoms with Gasteiger partial charge in [0.25, 0.3) is 5.54 Å². The summed E-state index contributed by atoms with van der Waals surface area (Å²) in [4.78, 5) is -0.201. The van der Waals surface area contributed by atoms with Crippen molar-refractivity contribution in [2.75, 3.05) is 14.1 Å². The molecule has 0 saturated heterocycles. The number of nitrogens with zero attached hydrogens (tertiary/aromatic N) is 2. The van der Waals surface area contributed by atoms with E-state index in [2.05, 4.69) is 0 Å². The van der Waals surface area contributed by atoms with Gasteiger partial charge in [-0.15, -0.1) is 0 Å². The molecule has 0 aliphatic heterocycles. The highest BCUT2D eigenvalue weighted by atomic mass is 19.4. The molecule has 2 nitrogen and oxygen atoms in total. The van der Waals surface area contributed by atoms with Gasteiger partial charge in [-0.25, -0.2) is 0 Å². The Hall–Kier alpha value is -0.970. The summed E-state index contributed by atoms with van der Waals surface area (Å²) in [6.45, 7) is 0. The molecule has 82 valence electrons. The molecule has 0 radical (unpaired) electrons. The summed E-state index contributed by atoms with van der Waals surface area (Å²) >= 11 is 0. The number of alkyl halides is 6. The van der Waals surface area contributed by atoms with E-state index in [1.165, 1.54) is 0 Å². The Labute approximate surface area is 75.7 Å². The lowest BCUT2D eigenvalue weighted by Gasteiger charge is -2.36. The molecule has 0 unspecified atom stereocenters. The molecule has 0 atom stereocenters. The van der Waals surface area contributed by atoms with Gasteiger partial charge in [0.15, 0.2) is 0 Å². The molecule has 8 heteroatoms. The van der Waals surface area contributed by atoms with Crippen LogP contribution in [0.4, 0.5) is 26.3 Å². The minimum absolute atomic E-state index is 0.201. The van der Waals surface area contributed by atoms with Crippen LogP contribution in [0.1, 0.15) is 0 Å². The molecule has 0 aromatic rings. The average molecular weight is 220 g/mol. The van der Waals surface area contributed by atoms with Crippen molar-refractivity contribution in [3.05, 3.63) is 0 Å². The molecule has 0 saturated carbocycles. The van der Waals surface area contributed by atoms with Gasteiger partial charge in [-0.05, 0) is 14.1 Å². The van der Waals surface area contributed by atoms with Gasteiger partial charge >= 0.3 is 12.4 Å². The minimum Gasteiger partial charge on any atom is -0.276 e. The third kappa shape index (κ3) is 1.64. The second-order valence-corrected chi connectivity index (χ2v) is 2.71. The fraction of sp³-hybridized carbons (Fsp3) is 0.833. The zero-order valence-electron chi connectivity index (χ0n) is 7.16. The van der Waals surface area contributed by atoms with E-state index in [4.69, 9.17) is 5.26 Å². The lowest BCUT2D eigenvalue weighted by atomic mass is 9.99. The zero-order valence-corrected chi connectivity index (χ0v) is 7.16. The molecule has 0 amide bonds. The van der Waals surface area contributed by atoms with Gasteiger partial charge in [-0.3, -0.25) is 4.90 Å². The summed E-state index contributed by atoms with van der Waals surface area (Å²) in [7, 11) is 1.09. The number of hydrogen-bond acceptors (Lipinski definition) is 2. The number of hydrogen-bond donors (Lipinski definition) is 0. The smallest absolute Gasteiger partial charge is 0.276 e. The average Bonchev–Trinajstić information content (AvgIpc) is 1.80. The Balaban J connectivity index is 5.62. The summed E-state index contributed by atoms with van der Waals surface area (Å²) in [5.41, 5.74) is -4.44. The molecule has 0 rings (SSSR count). The second-order valence-electron chi connectivity index (χ2n) is 2.71. The van der Waals surface area contributed by atoms with E-state index >= 15 is 0 Å². The van der Waals surface area contributed by atoms with E-state index in [-0.39, 0.29) is 11.0 Å². The van der Waals surface area contributed by atoms with Gasteiger partial charge in [0.1, 0.15) is 6.07 Å². The molecular weight excluding hydrogens is 214 g/mol. The van der Waals surface area contributed by atoms with E-state index in [0.717, 1.165) is 0 Å². The highest BCUT2D eigenvalue weighted by molar-refractivity contribution is 5.17. The third-order valence-corrected chi connectivity index (χ3v) is 1.65. The van der Waals surface area contributed by atoms with Gasteiger partial charge in [0, 0.05) is 0 Å². The summed E-state index contributed by atoms with van der Waals surface area (Å²) in [6.07, 6.45) is -11.4. The van der Waals surface area contributed by atoms with Gasteiger partial charge in [0.05, 0.1) is 0 Å². The SMILES string of the molecule is CN(C)C(C#N)(C(F)(F)F)C(F)(F)F.